The van der Waals surface area contributed by atoms with Crippen molar-refractivity contribution in [3.8, 4) is 5.75 Å². The SMILES string of the molecule is CN/C(=C\C(=N)c1ccc(OCc2c(Br)cccc2NC(=O)N(C)N)c(C)c1)C(F)(F)F. The topological polar surface area (TPSA) is 103 Å². The Morgan fingerprint density at radius 3 is 2.56 bits per heavy atom. The molecule has 2 aromatic carbocycles. The number of benzene rings is 2. The Hall–Kier alpha value is -3.05. The monoisotopic (exact) mass is 513 g/mol. The van der Waals surface area contributed by atoms with Crippen LogP contribution in [-0.4, -0.2) is 37.0 Å². The van der Waals surface area contributed by atoms with Crippen molar-refractivity contribution in [2.45, 2.75) is 19.7 Å². The fourth-order valence-electron chi connectivity index (χ4n) is 2.68. The first-order valence-corrected chi connectivity index (χ1v) is 10.1. The maximum absolute atomic E-state index is 12.9. The van der Waals surface area contributed by atoms with Gasteiger partial charge < -0.3 is 20.8 Å². The van der Waals surface area contributed by atoms with E-state index in [1.165, 1.54) is 13.1 Å². The van der Waals surface area contributed by atoms with Gasteiger partial charge in [-0.05, 0) is 54.5 Å². The van der Waals surface area contributed by atoms with E-state index in [4.69, 9.17) is 16.0 Å². The zero-order chi connectivity index (χ0) is 24.1. The molecule has 0 saturated carbocycles. The van der Waals surface area contributed by atoms with Crippen LogP contribution in [-0.2, 0) is 6.61 Å². The summed E-state index contributed by atoms with van der Waals surface area (Å²) in [5.41, 5.74) is 0.833. The lowest BCUT2D eigenvalue weighted by atomic mass is 10.1. The van der Waals surface area contributed by atoms with Crippen LogP contribution >= 0.6 is 15.9 Å². The lowest BCUT2D eigenvalue weighted by Crippen LogP contribution is -2.37. The number of hydrogen-bond donors (Lipinski definition) is 4. The van der Waals surface area contributed by atoms with Crippen LogP contribution in [0.5, 0.6) is 5.75 Å². The molecule has 0 radical (unpaired) electrons. The molecule has 32 heavy (non-hydrogen) atoms. The summed E-state index contributed by atoms with van der Waals surface area (Å²) in [5, 5.41) is 13.6. The van der Waals surface area contributed by atoms with E-state index in [2.05, 4.69) is 26.6 Å². The van der Waals surface area contributed by atoms with Gasteiger partial charge in [0.05, 0.1) is 11.4 Å². The van der Waals surface area contributed by atoms with Crippen molar-refractivity contribution in [1.82, 2.24) is 10.3 Å². The van der Waals surface area contributed by atoms with E-state index < -0.39 is 17.9 Å². The molecule has 0 atom stereocenters. The number of nitrogens with one attached hydrogen (secondary N) is 3. The number of alkyl halides is 3. The van der Waals surface area contributed by atoms with E-state index in [0.717, 1.165) is 18.1 Å². The number of rotatable bonds is 7. The van der Waals surface area contributed by atoms with Crippen molar-refractivity contribution >= 4 is 33.4 Å². The average Bonchev–Trinajstić information content (AvgIpc) is 2.71. The lowest BCUT2D eigenvalue weighted by molar-refractivity contribution is -0.0958. The van der Waals surface area contributed by atoms with E-state index in [-0.39, 0.29) is 12.3 Å². The van der Waals surface area contributed by atoms with Crippen LogP contribution in [0.3, 0.4) is 0 Å². The number of anilines is 1. The number of carbonyl (C=O) groups excluding carboxylic acids is 1. The van der Waals surface area contributed by atoms with Gasteiger partial charge in [0.1, 0.15) is 18.1 Å². The van der Waals surface area contributed by atoms with Crippen molar-refractivity contribution < 1.29 is 22.7 Å². The molecule has 0 bridgehead atoms. The molecule has 2 aromatic rings. The molecule has 0 aliphatic carbocycles. The summed E-state index contributed by atoms with van der Waals surface area (Å²) < 4.78 is 45.3. The predicted molar refractivity (Wildman–Crippen MR) is 121 cm³/mol. The van der Waals surface area contributed by atoms with E-state index in [0.29, 0.717) is 32.6 Å². The Labute approximate surface area is 192 Å². The highest BCUT2D eigenvalue weighted by Crippen LogP contribution is 2.29. The van der Waals surface area contributed by atoms with Crippen LogP contribution in [0.1, 0.15) is 16.7 Å². The summed E-state index contributed by atoms with van der Waals surface area (Å²) in [6.07, 6.45) is -3.84. The molecular weight excluding hydrogens is 491 g/mol. The number of carbonyl (C=O) groups is 1. The maximum atomic E-state index is 12.9. The fourth-order valence-corrected chi connectivity index (χ4v) is 3.16. The van der Waals surface area contributed by atoms with Gasteiger partial charge in [0, 0.05) is 24.1 Å². The Morgan fingerprint density at radius 1 is 1.31 bits per heavy atom. The fraction of sp³-hybridized carbons (Fsp3) is 0.238. The van der Waals surface area contributed by atoms with Crippen LogP contribution in [0.4, 0.5) is 23.7 Å². The maximum Gasteiger partial charge on any atom is 0.430 e. The van der Waals surface area contributed by atoms with Crippen LogP contribution in [0.15, 0.2) is 52.6 Å². The second-order valence-corrected chi connectivity index (χ2v) is 7.65. The van der Waals surface area contributed by atoms with Crippen molar-refractivity contribution in [2.75, 3.05) is 19.4 Å². The molecule has 0 aliphatic rings. The quantitative estimate of drug-likeness (QED) is 0.186. The van der Waals surface area contributed by atoms with Crippen LogP contribution in [0.25, 0.3) is 0 Å². The first-order chi connectivity index (χ1) is 14.9. The molecule has 11 heteroatoms. The number of hydrogen-bond acceptors (Lipinski definition) is 5. The van der Waals surface area contributed by atoms with E-state index in [1.807, 2.05) is 0 Å². The second kappa shape index (κ2) is 10.5. The third-order valence-electron chi connectivity index (χ3n) is 4.40. The predicted octanol–water partition coefficient (Wildman–Crippen LogP) is 4.71. The van der Waals surface area contributed by atoms with Crippen molar-refractivity contribution in [3.63, 3.8) is 0 Å². The summed E-state index contributed by atoms with van der Waals surface area (Å²) in [5.74, 6) is 5.93. The number of aryl methyl sites for hydroxylation is 1. The normalized spacial score (nSPS) is 11.7. The van der Waals surface area contributed by atoms with Gasteiger partial charge in [-0.2, -0.15) is 13.2 Å². The first-order valence-electron chi connectivity index (χ1n) is 9.29. The molecule has 0 saturated heterocycles. The van der Waals surface area contributed by atoms with E-state index >= 15 is 0 Å². The Balaban J connectivity index is 2.21. The van der Waals surface area contributed by atoms with Crippen molar-refractivity contribution in [3.05, 3.63) is 69.3 Å². The minimum absolute atomic E-state index is 0.0981. The number of hydrazine groups is 1. The van der Waals surface area contributed by atoms with Gasteiger partial charge in [-0.25, -0.2) is 10.6 Å². The van der Waals surface area contributed by atoms with Crippen LogP contribution in [0.2, 0.25) is 0 Å². The van der Waals surface area contributed by atoms with Gasteiger partial charge in [0.25, 0.3) is 0 Å². The molecule has 2 amide bonds. The number of urea groups is 1. The number of nitrogens with zero attached hydrogens (tertiary/aromatic N) is 1. The summed E-state index contributed by atoms with van der Waals surface area (Å²) in [6, 6.07) is 9.41. The van der Waals surface area contributed by atoms with E-state index in [9.17, 15) is 18.0 Å². The molecule has 0 spiro atoms. The molecule has 0 aromatic heterocycles. The molecule has 0 heterocycles. The van der Waals surface area contributed by atoms with Gasteiger partial charge in [-0.3, -0.25) is 5.01 Å². The number of allylic oxidation sites excluding steroid dienone is 2. The molecule has 172 valence electrons. The van der Waals surface area contributed by atoms with Gasteiger partial charge in [0.2, 0.25) is 0 Å². The molecule has 7 nitrogen and oxygen atoms in total. The largest absolute Gasteiger partial charge is 0.489 e. The Bertz CT molecular complexity index is 1040. The number of ether oxygens (including phenoxy) is 1. The zero-order valence-corrected chi connectivity index (χ0v) is 19.2. The summed E-state index contributed by atoms with van der Waals surface area (Å²) >= 11 is 3.43. The van der Waals surface area contributed by atoms with Crippen LogP contribution in [0, 0.1) is 12.3 Å². The molecule has 5 N–H and O–H groups in total. The van der Waals surface area contributed by atoms with Crippen LogP contribution < -0.4 is 21.2 Å². The first kappa shape index (κ1) is 25.2. The summed E-state index contributed by atoms with van der Waals surface area (Å²) in [6.45, 7) is 1.82. The summed E-state index contributed by atoms with van der Waals surface area (Å²) in [4.78, 5) is 11.9. The highest BCUT2D eigenvalue weighted by molar-refractivity contribution is 9.10. The van der Waals surface area contributed by atoms with Gasteiger partial charge >= 0.3 is 12.2 Å². The van der Waals surface area contributed by atoms with Gasteiger partial charge in [-0.1, -0.05) is 22.0 Å². The minimum Gasteiger partial charge on any atom is -0.489 e. The smallest absolute Gasteiger partial charge is 0.430 e. The molecular formula is C21H23BrF3N5O2. The average molecular weight is 514 g/mol. The molecule has 0 aliphatic heterocycles. The number of nitrogens with two attached hydrogens (primary N) is 1. The van der Waals surface area contributed by atoms with E-state index in [1.54, 1.807) is 37.3 Å². The van der Waals surface area contributed by atoms with Crippen molar-refractivity contribution in [2.24, 2.45) is 5.84 Å². The number of amides is 2. The van der Waals surface area contributed by atoms with Gasteiger partial charge in [0.15, 0.2) is 0 Å². The van der Waals surface area contributed by atoms with Crippen molar-refractivity contribution in [1.29, 1.82) is 5.41 Å². The Kier molecular flexibility index (Phi) is 8.28. The van der Waals surface area contributed by atoms with Gasteiger partial charge in [-0.15, -0.1) is 0 Å². The Morgan fingerprint density at radius 2 is 2.00 bits per heavy atom. The highest BCUT2D eigenvalue weighted by Gasteiger charge is 2.33. The second-order valence-electron chi connectivity index (χ2n) is 6.80. The summed E-state index contributed by atoms with van der Waals surface area (Å²) in [7, 11) is 2.56. The molecule has 2 rings (SSSR count). The number of halogens is 4. The third kappa shape index (κ3) is 6.47. The molecule has 0 fully saturated rings. The third-order valence-corrected chi connectivity index (χ3v) is 5.15. The minimum atomic E-state index is -4.58. The highest BCUT2D eigenvalue weighted by atomic mass is 79.9. The molecule has 0 unspecified atom stereocenters. The lowest BCUT2D eigenvalue weighted by Gasteiger charge is -2.17. The zero-order valence-electron chi connectivity index (χ0n) is 17.6. The standard InChI is InChI=1S/C21H23BrF3N5O2/c1-12-9-13(16(26)10-19(28-2)21(23,24)25)7-8-18(12)32-11-14-15(22)5-4-6-17(14)29-20(31)30(3)27/h4-10,26,28H,11,27H2,1-3H3,(H,29,31)/b19-10-,26-16?.